The highest BCUT2D eigenvalue weighted by Gasteiger charge is 2.10. The van der Waals surface area contributed by atoms with Gasteiger partial charge in [-0.1, -0.05) is 35.2 Å². The van der Waals surface area contributed by atoms with Gasteiger partial charge in [0.2, 0.25) is 11.0 Å². The molecule has 0 fully saturated rings. The van der Waals surface area contributed by atoms with Gasteiger partial charge in [-0.05, 0) is 32.4 Å². The van der Waals surface area contributed by atoms with E-state index < -0.39 is 0 Å². The van der Waals surface area contributed by atoms with Crippen molar-refractivity contribution in [1.29, 1.82) is 0 Å². The fraction of sp³-hybridized carbons (Fsp3) is 0.471. The van der Waals surface area contributed by atoms with Crippen LogP contribution in [0.25, 0.3) is 0 Å². The molecule has 0 aliphatic heterocycles. The van der Waals surface area contributed by atoms with Crippen LogP contribution in [0.5, 0.6) is 5.75 Å². The highest BCUT2D eigenvalue weighted by Crippen LogP contribution is 2.31. The summed E-state index contributed by atoms with van der Waals surface area (Å²) in [5, 5.41) is 14.9. The van der Waals surface area contributed by atoms with Gasteiger partial charge in [0, 0.05) is 13.2 Å². The lowest BCUT2D eigenvalue weighted by Crippen LogP contribution is -2.27. The SMILES string of the molecule is COc1ccccc1Nc1nnc(SCC(=O)NCCCOC(C)C)s1. The number of hydrogen-bond acceptors (Lipinski definition) is 8. The van der Waals surface area contributed by atoms with E-state index in [1.165, 1.54) is 23.1 Å². The number of anilines is 2. The molecule has 2 rings (SSSR count). The molecule has 142 valence electrons. The number of carbonyl (C=O) groups excluding carboxylic acids is 1. The topological polar surface area (TPSA) is 85.4 Å². The van der Waals surface area contributed by atoms with Crippen molar-refractivity contribution in [1.82, 2.24) is 15.5 Å². The highest BCUT2D eigenvalue weighted by atomic mass is 32.2. The largest absolute Gasteiger partial charge is 0.495 e. The molecule has 2 N–H and O–H groups in total. The number of thioether (sulfide) groups is 1. The molecule has 1 heterocycles. The number of nitrogens with one attached hydrogen (secondary N) is 2. The second-order valence-electron chi connectivity index (χ2n) is 5.61. The first kappa shape index (κ1) is 20.5. The molecule has 0 unspecified atom stereocenters. The Morgan fingerprint density at radius 2 is 2.12 bits per heavy atom. The monoisotopic (exact) mass is 396 g/mol. The van der Waals surface area contributed by atoms with Gasteiger partial charge in [0.1, 0.15) is 5.75 Å². The number of amides is 1. The molecule has 26 heavy (non-hydrogen) atoms. The molecule has 0 saturated heterocycles. The van der Waals surface area contributed by atoms with Crippen LogP contribution in [-0.2, 0) is 9.53 Å². The Kier molecular flexibility index (Phi) is 8.66. The maximum absolute atomic E-state index is 11.8. The molecule has 0 aliphatic rings. The molecule has 0 saturated carbocycles. The van der Waals surface area contributed by atoms with E-state index in [-0.39, 0.29) is 12.0 Å². The van der Waals surface area contributed by atoms with Crippen molar-refractivity contribution in [2.45, 2.75) is 30.7 Å². The average molecular weight is 397 g/mol. The summed E-state index contributed by atoms with van der Waals surface area (Å²) < 4.78 is 11.5. The van der Waals surface area contributed by atoms with Crippen LogP contribution in [0.4, 0.5) is 10.8 Å². The Morgan fingerprint density at radius 1 is 1.31 bits per heavy atom. The van der Waals surface area contributed by atoms with E-state index in [1.807, 2.05) is 38.1 Å². The molecule has 1 aromatic heterocycles. The predicted molar refractivity (Wildman–Crippen MR) is 106 cm³/mol. The number of ether oxygens (including phenoxy) is 2. The van der Waals surface area contributed by atoms with Gasteiger partial charge in [-0.3, -0.25) is 4.79 Å². The standard InChI is InChI=1S/C17H24N4O3S2/c1-12(2)24-10-6-9-18-15(22)11-25-17-21-20-16(26-17)19-13-7-4-5-8-14(13)23-3/h4-5,7-8,12H,6,9-11H2,1-3H3,(H,18,22)(H,19,20). The van der Waals surface area contributed by atoms with Crippen LogP contribution in [0.3, 0.4) is 0 Å². The maximum atomic E-state index is 11.8. The first-order valence-electron chi connectivity index (χ1n) is 8.33. The Balaban J connectivity index is 1.72. The summed E-state index contributed by atoms with van der Waals surface area (Å²) in [6, 6.07) is 7.59. The summed E-state index contributed by atoms with van der Waals surface area (Å²) in [6.45, 7) is 5.25. The van der Waals surface area contributed by atoms with Crippen molar-refractivity contribution in [3.63, 3.8) is 0 Å². The van der Waals surface area contributed by atoms with E-state index in [4.69, 9.17) is 9.47 Å². The van der Waals surface area contributed by atoms with Gasteiger partial charge in [0.05, 0.1) is 24.7 Å². The molecular formula is C17H24N4O3S2. The van der Waals surface area contributed by atoms with Gasteiger partial charge < -0.3 is 20.1 Å². The van der Waals surface area contributed by atoms with E-state index in [0.717, 1.165) is 22.2 Å². The highest BCUT2D eigenvalue weighted by molar-refractivity contribution is 8.01. The summed E-state index contributed by atoms with van der Waals surface area (Å²) in [5.41, 5.74) is 0.823. The number of benzene rings is 1. The predicted octanol–water partition coefficient (Wildman–Crippen LogP) is 3.31. The maximum Gasteiger partial charge on any atom is 0.230 e. The minimum Gasteiger partial charge on any atom is -0.495 e. The Morgan fingerprint density at radius 3 is 2.88 bits per heavy atom. The van der Waals surface area contributed by atoms with Crippen LogP contribution in [0, 0.1) is 0 Å². The van der Waals surface area contributed by atoms with E-state index in [1.54, 1.807) is 7.11 Å². The first-order valence-corrected chi connectivity index (χ1v) is 10.1. The molecule has 0 bridgehead atoms. The molecule has 2 aromatic rings. The normalized spacial score (nSPS) is 10.8. The van der Waals surface area contributed by atoms with Gasteiger partial charge >= 0.3 is 0 Å². The zero-order chi connectivity index (χ0) is 18.8. The van der Waals surface area contributed by atoms with Crippen molar-refractivity contribution >= 4 is 39.8 Å². The number of rotatable bonds is 11. The fourth-order valence-corrected chi connectivity index (χ4v) is 3.57. The fourth-order valence-electron chi connectivity index (χ4n) is 1.98. The van der Waals surface area contributed by atoms with E-state index in [9.17, 15) is 4.79 Å². The minimum absolute atomic E-state index is 0.0195. The molecule has 0 radical (unpaired) electrons. The average Bonchev–Trinajstić information content (AvgIpc) is 3.07. The Labute approximate surface area is 161 Å². The van der Waals surface area contributed by atoms with Crippen LogP contribution in [0.15, 0.2) is 28.6 Å². The van der Waals surface area contributed by atoms with Gasteiger partial charge in [-0.15, -0.1) is 10.2 Å². The van der Waals surface area contributed by atoms with Crippen molar-refractivity contribution in [2.24, 2.45) is 0 Å². The molecule has 1 aromatic carbocycles. The zero-order valence-corrected chi connectivity index (χ0v) is 16.8. The minimum atomic E-state index is -0.0195. The molecule has 9 heteroatoms. The molecule has 0 aliphatic carbocycles. The second kappa shape index (κ2) is 11.0. The summed E-state index contributed by atoms with van der Waals surface area (Å²) in [7, 11) is 1.62. The van der Waals surface area contributed by atoms with Crippen molar-refractivity contribution in [3.8, 4) is 5.75 Å². The first-order chi connectivity index (χ1) is 12.6. The summed E-state index contributed by atoms with van der Waals surface area (Å²) in [4.78, 5) is 11.8. The lowest BCUT2D eigenvalue weighted by molar-refractivity contribution is -0.118. The van der Waals surface area contributed by atoms with Crippen molar-refractivity contribution < 1.29 is 14.3 Å². The number of aromatic nitrogens is 2. The number of methoxy groups -OCH3 is 1. The quantitative estimate of drug-likeness (QED) is 0.445. The third-order valence-electron chi connectivity index (χ3n) is 3.18. The molecule has 1 amide bonds. The summed E-state index contributed by atoms with van der Waals surface area (Å²) >= 11 is 2.77. The van der Waals surface area contributed by atoms with Gasteiger partial charge in [-0.2, -0.15) is 0 Å². The van der Waals surface area contributed by atoms with Crippen molar-refractivity contribution in [3.05, 3.63) is 24.3 Å². The third kappa shape index (κ3) is 7.19. The van der Waals surface area contributed by atoms with Crippen LogP contribution >= 0.6 is 23.1 Å². The van der Waals surface area contributed by atoms with Gasteiger partial charge in [0.25, 0.3) is 0 Å². The third-order valence-corrected chi connectivity index (χ3v) is 5.15. The second-order valence-corrected chi connectivity index (χ2v) is 7.81. The molecule has 7 nitrogen and oxygen atoms in total. The van der Waals surface area contributed by atoms with Crippen molar-refractivity contribution in [2.75, 3.05) is 31.3 Å². The zero-order valence-electron chi connectivity index (χ0n) is 15.2. The number of nitrogens with zero attached hydrogens (tertiary/aromatic N) is 2. The number of para-hydroxylation sites is 2. The lowest BCUT2D eigenvalue weighted by atomic mass is 10.3. The Hall–Kier alpha value is -1.84. The molecule has 0 spiro atoms. The van der Waals surface area contributed by atoms with E-state index in [2.05, 4.69) is 20.8 Å². The summed E-state index contributed by atoms with van der Waals surface area (Å²) in [5.74, 6) is 1.03. The Bertz CT molecular complexity index is 694. The molecule has 0 atom stereocenters. The van der Waals surface area contributed by atoms with Crippen LogP contribution in [-0.4, -0.2) is 48.2 Å². The van der Waals surface area contributed by atoms with Crippen LogP contribution < -0.4 is 15.4 Å². The van der Waals surface area contributed by atoms with Gasteiger partial charge in [0.15, 0.2) is 4.34 Å². The van der Waals surface area contributed by atoms with Crippen LogP contribution in [0.1, 0.15) is 20.3 Å². The number of hydrogen-bond donors (Lipinski definition) is 2. The smallest absolute Gasteiger partial charge is 0.230 e. The number of carbonyl (C=O) groups is 1. The van der Waals surface area contributed by atoms with Crippen LogP contribution in [0.2, 0.25) is 0 Å². The molecular weight excluding hydrogens is 372 g/mol. The lowest BCUT2D eigenvalue weighted by Gasteiger charge is -2.08. The van der Waals surface area contributed by atoms with E-state index >= 15 is 0 Å². The van der Waals surface area contributed by atoms with Gasteiger partial charge in [-0.25, -0.2) is 0 Å². The summed E-state index contributed by atoms with van der Waals surface area (Å²) in [6.07, 6.45) is 1.03. The van der Waals surface area contributed by atoms with E-state index in [0.29, 0.717) is 24.0 Å².